The van der Waals surface area contributed by atoms with Crippen LogP contribution in [0.2, 0.25) is 0 Å². The van der Waals surface area contributed by atoms with Crippen molar-refractivity contribution in [3.8, 4) is 0 Å². The molecule has 1 aromatic rings. The first-order valence-electron chi connectivity index (χ1n) is 3.45. The predicted octanol–water partition coefficient (Wildman–Crippen LogP) is 3.19. The number of hydrazine groups is 1. The second kappa shape index (κ2) is 4.58. The Morgan fingerprint density at radius 1 is 1.36 bits per heavy atom. The molecule has 1 rings (SSSR count). The predicted molar refractivity (Wildman–Crippen MR) is 58.9 cm³/mol. The molecule has 0 bridgehead atoms. The number of rotatable bonds is 2. The van der Waals surface area contributed by atoms with Crippen molar-refractivity contribution in [2.75, 3.05) is 5.43 Å². The van der Waals surface area contributed by atoms with Gasteiger partial charge in [-0.15, -0.1) is 0 Å². The molecule has 0 saturated carbocycles. The summed E-state index contributed by atoms with van der Waals surface area (Å²) in [5, 5.41) is 0. The van der Waals surface area contributed by atoms with E-state index in [2.05, 4.69) is 5.43 Å². The summed E-state index contributed by atoms with van der Waals surface area (Å²) in [6.45, 7) is 0. The number of nitrogen functional groups attached to an aromatic ring is 1. The molecule has 0 aliphatic rings. The van der Waals surface area contributed by atoms with Crippen LogP contribution in [0.15, 0.2) is 23.1 Å². The smallest absolute Gasteiger partial charge is 0.323 e. The molecule has 0 aliphatic carbocycles. The lowest BCUT2D eigenvalue weighted by molar-refractivity contribution is -0.0328. The van der Waals surface area contributed by atoms with Crippen LogP contribution in [0.5, 0.6) is 0 Å². The van der Waals surface area contributed by atoms with Crippen molar-refractivity contribution in [1.29, 1.82) is 0 Å². The highest BCUT2D eigenvalue weighted by molar-refractivity contribution is 14.1. The quantitative estimate of drug-likeness (QED) is 0.378. The number of nitrogens with two attached hydrogens (primary N) is 1. The maximum atomic E-state index is 12.1. The van der Waals surface area contributed by atoms with Crippen molar-refractivity contribution >= 4 is 40.0 Å². The average molecular weight is 334 g/mol. The second-order valence-electron chi connectivity index (χ2n) is 2.31. The van der Waals surface area contributed by atoms with E-state index in [-0.39, 0.29) is 22.3 Å². The molecule has 0 spiro atoms. The molecule has 3 N–H and O–H groups in total. The third kappa shape index (κ3) is 3.21. The van der Waals surface area contributed by atoms with Crippen LogP contribution >= 0.6 is 34.4 Å². The van der Waals surface area contributed by atoms with Crippen LogP contribution in [0.1, 0.15) is 0 Å². The van der Waals surface area contributed by atoms with Gasteiger partial charge in [-0.2, -0.15) is 13.2 Å². The number of halogens is 4. The van der Waals surface area contributed by atoms with Gasteiger partial charge >= 0.3 is 5.51 Å². The first-order valence-corrected chi connectivity index (χ1v) is 5.34. The lowest BCUT2D eigenvalue weighted by Gasteiger charge is -2.11. The summed E-state index contributed by atoms with van der Waals surface area (Å²) in [4.78, 5) is 0.100. The van der Waals surface area contributed by atoms with Crippen LogP contribution in [0.3, 0.4) is 0 Å². The number of benzene rings is 1. The third-order valence-corrected chi connectivity index (χ3v) is 3.48. The van der Waals surface area contributed by atoms with E-state index in [9.17, 15) is 13.2 Å². The van der Waals surface area contributed by atoms with Gasteiger partial charge in [0.05, 0.1) is 10.6 Å². The summed E-state index contributed by atoms with van der Waals surface area (Å²) in [5.74, 6) is 5.10. The lowest BCUT2D eigenvalue weighted by atomic mass is 10.3. The van der Waals surface area contributed by atoms with Crippen molar-refractivity contribution in [2.45, 2.75) is 10.4 Å². The van der Waals surface area contributed by atoms with Crippen LogP contribution in [0, 0.1) is 3.57 Å². The lowest BCUT2D eigenvalue weighted by Crippen LogP contribution is -2.10. The zero-order valence-corrected chi connectivity index (χ0v) is 9.70. The Morgan fingerprint density at radius 3 is 2.50 bits per heavy atom. The van der Waals surface area contributed by atoms with E-state index in [0.717, 1.165) is 0 Å². The number of anilines is 1. The molecule has 0 amide bonds. The summed E-state index contributed by atoms with van der Waals surface area (Å²) in [5.41, 5.74) is -1.79. The first-order chi connectivity index (χ1) is 6.44. The largest absolute Gasteiger partial charge is 0.446 e. The normalized spacial score (nSPS) is 11.5. The van der Waals surface area contributed by atoms with Crippen LogP contribution in [0.4, 0.5) is 18.9 Å². The summed E-state index contributed by atoms with van der Waals surface area (Å²) in [7, 11) is 0. The summed E-state index contributed by atoms with van der Waals surface area (Å²) >= 11 is 1.66. The van der Waals surface area contributed by atoms with Crippen LogP contribution < -0.4 is 11.3 Å². The Hall–Kier alpha value is -0.150. The molecule has 0 fully saturated rings. The van der Waals surface area contributed by atoms with Crippen molar-refractivity contribution < 1.29 is 13.2 Å². The van der Waals surface area contributed by atoms with E-state index in [4.69, 9.17) is 5.84 Å². The van der Waals surface area contributed by atoms with Gasteiger partial charge in [-0.1, -0.05) is 6.07 Å². The molecular weight excluding hydrogens is 328 g/mol. The first kappa shape index (κ1) is 11.9. The van der Waals surface area contributed by atoms with E-state index in [0.29, 0.717) is 3.57 Å². The molecule has 2 nitrogen and oxygen atoms in total. The average Bonchev–Trinajstić information content (AvgIpc) is 2.06. The van der Waals surface area contributed by atoms with Gasteiger partial charge in [0.1, 0.15) is 0 Å². The number of nitrogens with one attached hydrogen (secondary N) is 1. The van der Waals surface area contributed by atoms with Gasteiger partial charge in [0, 0.05) is 3.57 Å². The summed E-state index contributed by atoms with van der Waals surface area (Å²) in [6.07, 6.45) is 0. The number of alkyl halides is 3. The molecule has 0 heterocycles. The molecule has 0 aliphatic heterocycles. The number of thioether (sulfide) groups is 1. The minimum atomic E-state index is -4.30. The highest BCUT2D eigenvalue weighted by Crippen LogP contribution is 2.42. The van der Waals surface area contributed by atoms with Crippen molar-refractivity contribution in [2.24, 2.45) is 5.84 Å². The van der Waals surface area contributed by atoms with E-state index >= 15 is 0 Å². The molecule has 0 aromatic heterocycles. The van der Waals surface area contributed by atoms with Crippen molar-refractivity contribution in [3.63, 3.8) is 0 Å². The Morgan fingerprint density at radius 2 is 2.00 bits per heavy atom. The van der Waals surface area contributed by atoms with Gasteiger partial charge in [0.2, 0.25) is 0 Å². The Labute approximate surface area is 96.5 Å². The number of hydrogen-bond donors (Lipinski definition) is 2. The Kier molecular flexibility index (Phi) is 3.90. The molecule has 0 atom stereocenters. The molecular formula is C7H6F3IN2S. The fraction of sp³-hybridized carbons (Fsp3) is 0.143. The van der Waals surface area contributed by atoms with E-state index in [1.807, 2.05) is 22.6 Å². The standard InChI is InChI=1S/C7H6F3IN2S/c8-7(9,10)14-6-4(11)2-1-3-5(6)13-12/h1-3,13H,12H2. The fourth-order valence-corrected chi connectivity index (χ4v) is 2.30. The summed E-state index contributed by atoms with van der Waals surface area (Å²) < 4.78 is 36.9. The zero-order valence-electron chi connectivity index (χ0n) is 6.73. The Balaban J connectivity index is 3.05. The zero-order chi connectivity index (χ0) is 10.8. The molecule has 0 saturated heterocycles. The second-order valence-corrected chi connectivity index (χ2v) is 4.55. The van der Waals surface area contributed by atoms with E-state index in [1.54, 1.807) is 12.1 Å². The van der Waals surface area contributed by atoms with Gasteiger partial charge in [0.25, 0.3) is 0 Å². The molecule has 7 heteroatoms. The minimum absolute atomic E-state index is 0.100. The Bertz CT molecular complexity index is 329. The van der Waals surface area contributed by atoms with Crippen LogP contribution in [-0.4, -0.2) is 5.51 Å². The van der Waals surface area contributed by atoms with Gasteiger partial charge in [-0.05, 0) is 46.5 Å². The monoisotopic (exact) mass is 334 g/mol. The maximum Gasteiger partial charge on any atom is 0.446 e. The number of hydrogen-bond acceptors (Lipinski definition) is 3. The minimum Gasteiger partial charge on any atom is -0.323 e. The fourth-order valence-electron chi connectivity index (χ4n) is 0.842. The molecule has 1 aromatic carbocycles. The van der Waals surface area contributed by atoms with Gasteiger partial charge in [-0.25, -0.2) is 0 Å². The van der Waals surface area contributed by atoms with E-state index in [1.165, 1.54) is 6.07 Å². The van der Waals surface area contributed by atoms with Gasteiger partial charge in [-0.3, -0.25) is 5.84 Å². The van der Waals surface area contributed by atoms with E-state index < -0.39 is 5.51 Å². The highest BCUT2D eigenvalue weighted by Gasteiger charge is 2.31. The molecule has 0 unspecified atom stereocenters. The summed E-state index contributed by atoms with van der Waals surface area (Å²) in [6, 6.07) is 4.73. The van der Waals surface area contributed by atoms with Crippen LogP contribution in [-0.2, 0) is 0 Å². The molecule has 78 valence electrons. The van der Waals surface area contributed by atoms with Gasteiger partial charge < -0.3 is 5.43 Å². The highest BCUT2D eigenvalue weighted by atomic mass is 127. The van der Waals surface area contributed by atoms with Crippen molar-refractivity contribution in [1.82, 2.24) is 0 Å². The maximum absolute atomic E-state index is 12.1. The topological polar surface area (TPSA) is 38.0 Å². The third-order valence-electron chi connectivity index (χ3n) is 1.34. The van der Waals surface area contributed by atoms with Gasteiger partial charge in [0.15, 0.2) is 0 Å². The van der Waals surface area contributed by atoms with Crippen LogP contribution in [0.25, 0.3) is 0 Å². The molecule has 14 heavy (non-hydrogen) atoms. The SMILES string of the molecule is NNc1cccc(I)c1SC(F)(F)F. The van der Waals surface area contributed by atoms with Crippen molar-refractivity contribution in [3.05, 3.63) is 21.8 Å². The molecule has 0 radical (unpaired) electrons.